The van der Waals surface area contributed by atoms with Crippen LogP contribution in [0.15, 0.2) is 83.3 Å². The standard InChI is InChI=1S/C28H26FN3O5/c29-21-8-7-11-24(18-21)35-17-6-2-5-12-25(33)27(34)30-19-26-31-32-28(37-26)20-13-15-23(16-14-20)36-22-9-3-1-4-10-22/h1,3-4,7-11,13-16,18H,2,5-6,12,17,19H2,(H,30,34). The molecule has 1 aromatic heterocycles. The molecule has 0 aliphatic heterocycles. The SMILES string of the molecule is O=C(CCCCCOc1cccc(F)c1)C(=O)NCc1nnc(-c2ccc(Oc3ccccc3)cc2)o1. The van der Waals surface area contributed by atoms with E-state index in [1.165, 1.54) is 12.1 Å². The molecule has 0 spiro atoms. The number of carbonyl (C=O) groups is 2. The minimum absolute atomic E-state index is 0.0474. The highest BCUT2D eigenvalue weighted by molar-refractivity contribution is 6.36. The summed E-state index contributed by atoms with van der Waals surface area (Å²) in [6, 6.07) is 22.5. The minimum atomic E-state index is -0.696. The van der Waals surface area contributed by atoms with E-state index >= 15 is 0 Å². The molecule has 0 saturated carbocycles. The van der Waals surface area contributed by atoms with Crippen LogP contribution in [0.5, 0.6) is 17.2 Å². The van der Waals surface area contributed by atoms with E-state index in [0.717, 1.165) is 5.75 Å². The Hall–Kier alpha value is -4.53. The summed E-state index contributed by atoms with van der Waals surface area (Å²) in [5, 5.41) is 10.4. The first kappa shape index (κ1) is 25.6. The number of halogens is 1. The van der Waals surface area contributed by atoms with E-state index in [9.17, 15) is 14.0 Å². The Morgan fingerprint density at radius 1 is 0.838 bits per heavy atom. The first-order valence-corrected chi connectivity index (χ1v) is 11.9. The average molecular weight is 504 g/mol. The second-order valence-corrected chi connectivity index (χ2v) is 8.16. The van der Waals surface area contributed by atoms with E-state index in [2.05, 4.69) is 15.5 Å². The normalized spacial score (nSPS) is 10.6. The highest BCUT2D eigenvalue weighted by atomic mass is 19.1. The van der Waals surface area contributed by atoms with Crippen LogP contribution in [-0.2, 0) is 16.1 Å². The van der Waals surface area contributed by atoms with Gasteiger partial charge in [-0.2, -0.15) is 0 Å². The van der Waals surface area contributed by atoms with Crippen molar-refractivity contribution in [2.24, 2.45) is 0 Å². The predicted octanol–water partition coefficient (Wildman–Crippen LogP) is 5.49. The van der Waals surface area contributed by atoms with Crippen LogP contribution in [0, 0.1) is 5.82 Å². The zero-order valence-electron chi connectivity index (χ0n) is 20.1. The molecule has 4 aromatic rings. The third-order valence-electron chi connectivity index (χ3n) is 5.31. The van der Waals surface area contributed by atoms with Crippen molar-refractivity contribution in [2.75, 3.05) is 6.61 Å². The van der Waals surface area contributed by atoms with Crippen molar-refractivity contribution in [3.63, 3.8) is 0 Å². The second kappa shape index (κ2) is 13.0. The Balaban J connectivity index is 1.14. The quantitative estimate of drug-likeness (QED) is 0.190. The van der Waals surface area contributed by atoms with Crippen molar-refractivity contribution in [1.29, 1.82) is 0 Å². The van der Waals surface area contributed by atoms with Gasteiger partial charge in [0.2, 0.25) is 17.6 Å². The molecule has 0 unspecified atom stereocenters. The van der Waals surface area contributed by atoms with Crippen LogP contribution in [0.3, 0.4) is 0 Å². The van der Waals surface area contributed by atoms with Crippen molar-refractivity contribution < 1.29 is 27.9 Å². The van der Waals surface area contributed by atoms with Gasteiger partial charge in [-0.05, 0) is 67.8 Å². The number of hydrogen-bond donors (Lipinski definition) is 1. The van der Waals surface area contributed by atoms with Gasteiger partial charge in [0.05, 0.1) is 13.2 Å². The second-order valence-electron chi connectivity index (χ2n) is 8.16. The van der Waals surface area contributed by atoms with Crippen LogP contribution in [0.1, 0.15) is 31.6 Å². The number of ether oxygens (including phenoxy) is 2. The largest absolute Gasteiger partial charge is 0.493 e. The lowest BCUT2D eigenvalue weighted by Gasteiger charge is -2.06. The average Bonchev–Trinajstić information content (AvgIpc) is 3.39. The zero-order chi connectivity index (χ0) is 25.9. The molecule has 0 radical (unpaired) electrons. The molecule has 0 atom stereocenters. The monoisotopic (exact) mass is 503 g/mol. The van der Waals surface area contributed by atoms with Gasteiger partial charge < -0.3 is 19.2 Å². The van der Waals surface area contributed by atoms with Gasteiger partial charge in [-0.1, -0.05) is 24.3 Å². The molecule has 1 heterocycles. The lowest BCUT2D eigenvalue weighted by atomic mass is 10.1. The number of ketones is 1. The summed E-state index contributed by atoms with van der Waals surface area (Å²) in [6.45, 7) is 0.361. The number of nitrogens with one attached hydrogen (secondary N) is 1. The molecule has 1 amide bonds. The van der Waals surface area contributed by atoms with E-state index in [1.807, 2.05) is 30.3 Å². The van der Waals surface area contributed by atoms with Crippen LogP contribution in [0.25, 0.3) is 11.5 Å². The number of unbranched alkanes of at least 4 members (excludes halogenated alkanes) is 2. The zero-order valence-corrected chi connectivity index (χ0v) is 20.1. The van der Waals surface area contributed by atoms with Crippen LogP contribution < -0.4 is 14.8 Å². The number of carbonyl (C=O) groups excluding carboxylic acids is 2. The van der Waals surface area contributed by atoms with Gasteiger partial charge in [0.15, 0.2) is 0 Å². The van der Waals surface area contributed by atoms with Gasteiger partial charge in [0, 0.05) is 18.1 Å². The number of aromatic nitrogens is 2. The van der Waals surface area contributed by atoms with Crippen LogP contribution in [-0.4, -0.2) is 28.5 Å². The molecule has 37 heavy (non-hydrogen) atoms. The van der Waals surface area contributed by atoms with E-state index < -0.39 is 11.7 Å². The van der Waals surface area contributed by atoms with Crippen molar-refractivity contribution in [2.45, 2.75) is 32.2 Å². The fourth-order valence-electron chi connectivity index (χ4n) is 3.41. The molecule has 0 saturated heterocycles. The molecular weight excluding hydrogens is 477 g/mol. The van der Waals surface area contributed by atoms with Crippen molar-refractivity contribution >= 4 is 11.7 Å². The molecule has 0 bridgehead atoms. The lowest BCUT2D eigenvalue weighted by Crippen LogP contribution is -2.30. The molecule has 3 aromatic carbocycles. The van der Waals surface area contributed by atoms with E-state index in [-0.39, 0.29) is 24.7 Å². The first-order chi connectivity index (χ1) is 18.1. The number of hydrogen-bond acceptors (Lipinski definition) is 7. The van der Waals surface area contributed by atoms with Gasteiger partial charge in [-0.25, -0.2) is 4.39 Å². The Labute approximate surface area is 213 Å². The summed E-state index contributed by atoms with van der Waals surface area (Å²) in [7, 11) is 0. The number of para-hydroxylation sites is 1. The summed E-state index contributed by atoms with van der Waals surface area (Å²) in [6.07, 6.45) is 2.07. The fourth-order valence-corrected chi connectivity index (χ4v) is 3.41. The number of amides is 1. The van der Waals surface area contributed by atoms with Crippen molar-refractivity contribution in [1.82, 2.24) is 15.5 Å². The van der Waals surface area contributed by atoms with Gasteiger partial charge in [0.25, 0.3) is 5.91 Å². The van der Waals surface area contributed by atoms with Gasteiger partial charge >= 0.3 is 0 Å². The lowest BCUT2D eigenvalue weighted by molar-refractivity contribution is -0.138. The summed E-state index contributed by atoms with van der Waals surface area (Å²) in [5.74, 6) is 0.786. The van der Waals surface area contributed by atoms with Crippen molar-refractivity contribution in [3.05, 3.63) is 90.6 Å². The Morgan fingerprint density at radius 2 is 1.59 bits per heavy atom. The number of nitrogens with zero attached hydrogens (tertiary/aromatic N) is 2. The topological polar surface area (TPSA) is 104 Å². The fraction of sp³-hybridized carbons (Fsp3) is 0.214. The van der Waals surface area contributed by atoms with Gasteiger partial charge in [-0.15, -0.1) is 10.2 Å². The summed E-state index contributed by atoms with van der Waals surface area (Å²) in [5.41, 5.74) is 0.697. The van der Waals surface area contributed by atoms with E-state index in [0.29, 0.717) is 48.8 Å². The van der Waals surface area contributed by atoms with Crippen LogP contribution in [0.2, 0.25) is 0 Å². The maximum Gasteiger partial charge on any atom is 0.287 e. The maximum absolute atomic E-state index is 13.1. The number of benzene rings is 3. The summed E-state index contributed by atoms with van der Waals surface area (Å²) >= 11 is 0. The smallest absolute Gasteiger partial charge is 0.287 e. The first-order valence-electron chi connectivity index (χ1n) is 11.9. The molecule has 0 aliphatic rings. The van der Waals surface area contributed by atoms with E-state index in [1.54, 1.807) is 36.4 Å². The molecule has 1 N–H and O–H groups in total. The molecule has 190 valence electrons. The molecule has 0 aliphatic carbocycles. The summed E-state index contributed by atoms with van der Waals surface area (Å²) < 4.78 is 29.9. The maximum atomic E-state index is 13.1. The number of rotatable bonds is 13. The molecule has 9 heteroatoms. The Kier molecular flexibility index (Phi) is 8.96. The van der Waals surface area contributed by atoms with Crippen LogP contribution >= 0.6 is 0 Å². The third kappa shape index (κ3) is 7.99. The molecular formula is C28H26FN3O5. The highest BCUT2D eigenvalue weighted by Gasteiger charge is 2.15. The third-order valence-corrected chi connectivity index (χ3v) is 5.31. The summed E-state index contributed by atoms with van der Waals surface area (Å²) in [4.78, 5) is 24.2. The van der Waals surface area contributed by atoms with Gasteiger partial charge in [0.1, 0.15) is 23.1 Å². The predicted molar refractivity (Wildman–Crippen MR) is 133 cm³/mol. The molecule has 8 nitrogen and oxygen atoms in total. The van der Waals surface area contributed by atoms with E-state index in [4.69, 9.17) is 13.9 Å². The Morgan fingerprint density at radius 3 is 2.38 bits per heavy atom. The van der Waals surface area contributed by atoms with Crippen molar-refractivity contribution in [3.8, 4) is 28.7 Å². The highest BCUT2D eigenvalue weighted by Crippen LogP contribution is 2.25. The number of Topliss-reactive ketones (excluding diaryl/α,β-unsaturated/α-hetero) is 1. The molecule has 4 rings (SSSR count). The van der Waals surface area contributed by atoms with Crippen LogP contribution in [0.4, 0.5) is 4.39 Å². The Bertz CT molecular complexity index is 1310. The molecule has 0 fully saturated rings. The van der Waals surface area contributed by atoms with Gasteiger partial charge in [-0.3, -0.25) is 9.59 Å². The minimum Gasteiger partial charge on any atom is -0.493 e.